The van der Waals surface area contributed by atoms with Crippen LogP contribution in [0.5, 0.6) is 0 Å². The van der Waals surface area contributed by atoms with Gasteiger partial charge in [0.1, 0.15) is 0 Å². The summed E-state index contributed by atoms with van der Waals surface area (Å²) in [6.07, 6.45) is 2.38. The first-order valence-electron chi connectivity index (χ1n) is 6.47. The van der Waals surface area contributed by atoms with Crippen LogP contribution in [0.1, 0.15) is 5.01 Å². The van der Waals surface area contributed by atoms with Crippen LogP contribution in [0, 0.1) is 10.1 Å². The Hall–Kier alpha value is -2.54. The summed E-state index contributed by atoms with van der Waals surface area (Å²) >= 11 is 1.65. The van der Waals surface area contributed by atoms with Crippen molar-refractivity contribution in [3.05, 3.63) is 57.7 Å². The molecular formula is C14H13N4O2S+. The molecule has 0 bridgehead atoms. The quantitative estimate of drug-likeness (QED) is 0.580. The minimum atomic E-state index is -0.406. The van der Waals surface area contributed by atoms with E-state index in [0.29, 0.717) is 12.4 Å². The number of benzene rings is 1. The van der Waals surface area contributed by atoms with Crippen molar-refractivity contribution >= 4 is 33.1 Å². The molecule has 0 saturated carbocycles. The highest BCUT2D eigenvalue weighted by molar-refractivity contribution is 7.18. The average Bonchev–Trinajstić information content (AvgIpc) is 2.90. The molecule has 0 amide bonds. The fourth-order valence-electron chi connectivity index (χ4n) is 2.04. The third-order valence-electron chi connectivity index (χ3n) is 3.01. The van der Waals surface area contributed by atoms with Gasteiger partial charge in [-0.2, -0.15) is 0 Å². The van der Waals surface area contributed by atoms with E-state index in [9.17, 15) is 10.1 Å². The zero-order valence-electron chi connectivity index (χ0n) is 11.1. The second-order valence-electron chi connectivity index (χ2n) is 4.44. The summed E-state index contributed by atoms with van der Waals surface area (Å²) < 4.78 is 1.16. The van der Waals surface area contributed by atoms with Gasteiger partial charge in [-0.15, -0.1) is 11.3 Å². The standard InChI is InChI=1S/C14H12N4O2S/c19-18(20)11-5-3-8-15-14(11)16-9-7-13-17-10-4-1-2-6-12(10)21-13/h1-6,8H,7,9H2,(H,15,16)/p+1. The largest absolute Gasteiger partial charge is 0.357 e. The van der Waals surface area contributed by atoms with Crippen molar-refractivity contribution < 1.29 is 9.91 Å². The van der Waals surface area contributed by atoms with Crippen LogP contribution in [0.15, 0.2) is 42.6 Å². The number of aromatic amines is 1. The molecule has 0 atom stereocenters. The lowest BCUT2D eigenvalue weighted by Crippen LogP contribution is -2.16. The molecule has 0 aliphatic carbocycles. The van der Waals surface area contributed by atoms with Crippen LogP contribution in [0.2, 0.25) is 0 Å². The number of anilines is 1. The Morgan fingerprint density at radius 2 is 2.14 bits per heavy atom. The zero-order valence-corrected chi connectivity index (χ0v) is 11.9. The maximum absolute atomic E-state index is 10.9. The number of para-hydroxylation sites is 1. The number of nitro groups is 1. The maximum Gasteiger partial charge on any atom is 0.357 e. The van der Waals surface area contributed by atoms with Crippen LogP contribution in [-0.4, -0.2) is 16.5 Å². The monoisotopic (exact) mass is 301 g/mol. The molecule has 21 heavy (non-hydrogen) atoms. The summed E-state index contributed by atoms with van der Waals surface area (Å²) in [6.45, 7) is 0.584. The molecule has 3 aromatic rings. The summed E-state index contributed by atoms with van der Waals surface area (Å²) in [6, 6.07) is 11.1. The Bertz CT molecular complexity index is 754. The van der Waals surface area contributed by atoms with Gasteiger partial charge in [-0.3, -0.25) is 15.4 Å². The minimum absolute atomic E-state index is 0.0433. The Kier molecular flexibility index (Phi) is 3.74. The van der Waals surface area contributed by atoms with Crippen molar-refractivity contribution in [2.24, 2.45) is 0 Å². The number of hydrogen-bond donors (Lipinski definition) is 1. The highest BCUT2D eigenvalue weighted by atomic mass is 32.1. The molecule has 2 aromatic heterocycles. The van der Waals surface area contributed by atoms with Crippen molar-refractivity contribution in [2.45, 2.75) is 6.42 Å². The first kappa shape index (κ1) is 13.4. The topological polar surface area (TPSA) is 82.2 Å². The second kappa shape index (κ2) is 5.84. The predicted molar refractivity (Wildman–Crippen MR) is 81.5 cm³/mol. The Morgan fingerprint density at radius 1 is 1.29 bits per heavy atom. The Balaban J connectivity index is 1.67. The molecule has 0 fully saturated rings. The molecule has 0 spiro atoms. The Morgan fingerprint density at radius 3 is 2.95 bits per heavy atom. The van der Waals surface area contributed by atoms with Crippen LogP contribution in [0.25, 0.3) is 10.2 Å². The molecule has 0 unspecified atom stereocenters. The molecule has 0 radical (unpaired) electrons. The van der Waals surface area contributed by atoms with Crippen LogP contribution in [0.3, 0.4) is 0 Å². The fraction of sp³-hybridized carbons (Fsp3) is 0.143. The van der Waals surface area contributed by atoms with Crippen molar-refractivity contribution in [2.75, 3.05) is 11.9 Å². The van der Waals surface area contributed by atoms with E-state index in [1.54, 1.807) is 23.6 Å². The van der Waals surface area contributed by atoms with E-state index in [1.807, 2.05) is 24.3 Å². The molecule has 0 aliphatic heterocycles. The first-order valence-corrected chi connectivity index (χ1v) is 7.29. The molecule has 2 heterocycles. The number of aromatic nitrogens is 2. The van der Waals surface area contributed by atoms with E-state index in [4.69, 9.17) is 0 Å². The van der Waals surface area contributed by atoms with Gasteiger partial charge in [-0.25, -0.2) is 9.97 Å². The molecule has 0 aliphatic rings. The number of hydrogen-bond acceptors (Lipinski definition) is 5. The molecule has 2 N–H and O–H groups in total. The summed E-state index contributed by atoms with van der Waals surface area (Å²) in [7, 11) is 0. The van der Waals surface area contributed by atoms with Crippen molar-refractivity contribution in [3.8, 4) is 0 Å². The minimum Gasteiger partial charge on any atom is -0.268 e. The number of pyridine rings is 1. The van der Waals surface area contributed by atoms with Gasteiger partial charge in [0.05, 0.1) is 32.9 Å². The average molecular weight is 301 g/mol. The van der Waals surface area contributed by atoms with E-state index in [1.165, 1.54) is 6.07 Å². The van der Waals surface area contributed by atoms with Gasteiger partial charge >= 0.3 is 11.5 Å². The summed E-state index contributed by atoms with van der Waals surface area (Å²) in [5.41, 5.74) is 1.04. The molecule has 6 nitrogen and oxygen atoms in total. The molecule has 7 heteroatoms. The van der Waals surface area contributed by atoms with E-state index in [0.717, 1.165) is 21.6 Å². The van der Waals surface area contributed by atoms with Gasteiger partial charge in [0.15, 0.2) is 0 Å². The SMILES string of the molecule is O=[N+]([O-])c1ccc[nH+]c1NCCc1nc2ccccc2s1. The molecule has 106 valence electrons. The lowest BCUT2D eigenvalue weighted by atomic mass is 10.3. The Labute approximate surface area is 124 Å². The van der Waals surface area contributed by atoms with Crippen molar-refractivity contribution in [3.63, 3.8) is 0 Å². The van der Waals surface area contributed by atoms with Crippen molar-refractivity contribution in [1.29, 1.82) is 0 Å². The first-order chi connectivity index (χ1) is 10.2. The number of thiazole rings is 1. The van der Waals surface area contributed by atoms with Crippen LogP contribution in [-0.2, 0) is 6.42 Å². The third-order valence-corrected chi connectivity index (χ3v) is 4.11. The van der Waals surface area contributed by atoms with Gasteiger partial charge in [0.2, 0.25) is 0 Å². The van der Waals surface area contributed by atoms with E-state index < -0.39 is 4.92 Å². The van der Waals surface area contributed by atoms with Gasteiger partial charge in [-0.1, -0.05) is 12.1 Å². The second-order valence-corrected chi connectivity index (χ2v) is 5.55. The van der Waals surface area contributed by atoms with Crippen LogP contribution in [0.4, 0.5) is 11.5 Å². The van der Waals surface area contributed by atoms with Gasteiger partial charge in [-0.05, 0) is 18.2 Å². The highest BCUT2D eigenvalue weighted by Gasteiger charge is 2.19. The van der Waals surface area contributed by atoms with Crippen LogP contribution < -0.4 is 10.3 Å². The summed E-state index contributed by atoms with van der Waals surface area (Å²) in [5.74, 6) is 0.420. The third kappa shape index (κ3) is 2.97. The van der Waals surface area contributed by atoms with E-state index in [-0.39, 0.29) is 5.69 Å². The normalized spacial score (nSPS) is 10.7. The predicted octanol–water partition coefficient (Wildman–Crippen LogP) is 2.67. The van der Waals surface area contributed by atoms with Gasteiger partial charge in [0, 0.05) is 12.5 Å². The zero-order chi connectivity index (χ0) is 14.7. The summed E-state index contributed by atoms with van der Waals surface area (Å²) in [4.78, 5) is 17.9. The number of H-pyrrole nitrogens is 1. The highest BCUT2D eigenvalue weighted by Crippen LogP contribution is 2.22. The molecule has 1 aromatic carbocycles. The lowest BCUT2D eigenvalue weighted by molar-refractivity contribution is -0.409. The molecule has 0 saturated heterocycles. The van der Waals surface area contributed by atoms with Gasteiger partial charge in [0.25, 0.3) is 0 Å². The van der Waals surface area contributed by atoms with E-state index in [2.05, 4.69) is 15.3 Å². The number of nitrogens with one attached hydrogen (secondary N) is 2. The van der Waals surface area contributed by atoms with E-state index >= 15 is 0 Å². The lowest BCUT2D eigenvalue weighted by Gasteiger charge is -1.98. The van der Waals surface area contributed by atoms with Crippen LogP contribution >= 0.6 is 11.3 Å². The van der Waals surface area contributed by atoms with Crippen molar-refractivity contribution in [1.82, 2.24) is 4.98 Å². The maximum atomic E-state index is 10.9. The summed E-state index contributed by atoms with van der Waals surface area (Å²) in [5, 5.41) is 15.0. The number of rotatable bonds is 5. The molecular weight excluding hydrogens is 288 g/mol. The van der Waals surface area contributed by atoms with Gasteiger partial charge < -0.3 is 0 Å². The smallest absolute Gasteiger partial charge is 0.268 e. The number of nitrogens with zero attached hydrogens (tertiary/aromatic N) is 2. The number of fused-ring (bicyclic) bond motifs is 1. The fourth-order valence-corrected chi connectivity index (χ4v) is 3.01. The molecule has 3 rings (SSSR count).